The molecule has 0 aliphatic carbocycles. The summed E-state index contributed by atoms with van der Waals surface area (Å²) >= 11 is 1.66. The number of aromatic nitrogens is 3. The van der Waals surface area contributed by atoms with Crippen LogP contribution in [-0.2, 0) is 13.1 Å². The average molecular weight is 347 g/mol. The van der Waals surface area contributed by atoms with E-state index in [0.717, 1.165) is 43.2 Å². The highest BCUT2D eigenvalue weighted by atomic mass is 32.1. The second kappa shape index (κ2) is 7.79. The fraction of sp³-hybridized carbons (Fsp3) is 0.588. The number of thiazole rings is 1. The van der Waals surface area contributed by atoms with Crippen LogP contribution in [0.3, 0.4) is 0 Å². The Kier molecular flexibility index (Phi) is 5.50. The first kappa shape index (κ1) is 17.0. The Bertz CT molecular complexity index is 652. The van der Waals surface area contributed by atoms with Gasteiger partial charge in [-0.15, -0.1) is 11.3 Å². The number of urea groups is 1. The molecule has 3 heterocycles. The van der Waals surface area contributed by atoms with E-state index in [1.807, 2.05) is 22.8 Å². The summed E-state index contributed by atoms with van der Waals surface area (Å²) in [6, 6.07) is 0.0180. The maximum atomic E-state index is 12.4. The maximum Gasteiger partial charge on any atom is 0.317 e. The molecule has 2 aromatic rings. The van der Waals surface area contributed by atoms with Crippen LogP contribution in [0.15, 0.2) is 24.1 Å². The molecule has 1 fully saturated rings. The molecular formula is C17H25N5OS. The Labute approximate surface area is 146 Å². The van der Waals surface area contributed by atoms with Crippen molar-refractivity contribution in [2.75, 3.05) is 13.1 Å². The molecule has 1 N–H and O–H groups in total. The molecule has 0 spiro atoms. The molecule has 1 aliphatic heterocycles. The highest BCUT2D eigenvalue weighted by molar-refractivity contribution is 7.09. The first-order valence-corrected chi connectivity index (χ1v) is 9.42. The molecule has 1 aliphatic rings. The number of imidazole rings is 1. The van der Waals surface area contributed by atoms with Crippen LogP contribution in [0.2, 0.25) is 0 Å². The summed E-state index contributed by atoms with van der Waals surface area (Å²) in [5.74, 6) is 0.927. The van der Waals surface area contributed by atoms with Crippen molar-refractivity contribution in [2.45, 2.75) is 45.7 Å². The van der Waals surface area contributed by atoms with Gasteiger partial charge in [0.05, 0.1) is 23.6 Å². The van der Waals surface area contributed by atoms with Gasteiger partial charge in [0, 0.05) is 43.3 Å². The smallest absolute Gasteiger partial charge is 0.317 e. The molecule has 0 saturated carbocycles. The number of rotatable bonds is 5. The third-order valence-electron chi connectivity index (χ3n) is 4.32. The number of hydrogen-bond donors (Lipinski definition) is 1. The fourth-order valence-electron chi connectivity index (χ4n) is 3.04. The second-order valence-electron chi connectivity index (χ2n) is 6.70. The highest BCUT2D eigenvalue weighted by Gasteiger charge is 2.23. The standard InChI is InChI=1S/C17H25N5OS/c1-13(2)16-20-15(11-24-16)8-19-17(23)22-6-3-4-14(10-22)9-21-7-5-18-12-21/h5,7,11-14H,3-4,6,8-10H2,1-2H3,(H,19,23)/t14-/m1/s1. The second-order valence-corrected chi connectivity index (χ2v) is 7.59. The van der Waals surface area contributed by atoms with Crippen LogP contribution < -0.4 is 5.32 Å². The van der Waals surface area contributed by atoms with Crippen molar-refractivity contribution in [2.24, 2.45) is 5.92 Å². The Morgan fingerprint density at radius 2 is 2.38 bits per heavy atom. The molecule has 0 bridgehead atoms. The van der Waals surface area contributed by atoms with Gasteiger partial charge in [-0.3, -0.25) is 0 Å². The van der Waals surface area contributed by atoms with Crippen molar-refractivity contribution in [3.63, 3.8) is 0 Å². The van der Waals surface area contributed by atoms with E-state index in [0.29, 0.717) is 18.4 Å². The molecule has 1 saturated heterocycles. The molecule has 0 aromatic carbocycles. The van der Waals surface area contributed by atoms with E-state index in [1.165, 1.54) is 0 Å². The number of nitrogens with one attached hydrogen (secondary N) is 1. The lowest BCUT2D eigenvalue weighted by Gasteiger charge is -2.32. The van der Waals surface area contributed by atoms with Gasteiger partial charge >= 0.3 is 6.03 Å². The first-order valence-electron chi connectivity index (χ1n) is 8.54. The van der Waals surface area contributed by atoms with Crippen LogP contribution in [0.4, 0.5) is 4.79 Å². The third-order valence-corrected chi connectivity index (χ3v) is 5.51. The van der Waals surface area contributed by atoms with E-state index in [4.69, 9.17) is 0 Å². The molecule has 6 nitrogen and oxygen atoms in total. The number of likely N-dealkylation sites (tertiary alicyclic amines) is 1. The van der Waals surface area contributed by atoms with Gasteiger partial charge in [-0.05, 0) is 18.8 Å². The minimum atomic E-state index is 0.0180. The zero-order chi connectivity index (χ0) is 16.9. The largest absolute Gasteiger partial charge is 0.337 e. The summed E-state index contributed by atoms with van der Waals surface area (Å²) in [7, 11) is 0. The quantitative estimate of drug-likeness (QED) is 0.904. The number of piperidine rings is 1. The van der Waals surface area contributed by atoms with E-state index in [-0.39, 0.29) is 6.03 Å². The monoisotopic (exact) mass is 347 g/mol. The van der Waals surface area contributed by atoms with Crippen molar-refractivity contribution in [1.29, 1.82) is 0 Å². The van der Waals surface area contributed by atoms with Crippen LogP contribution in [0.1, 0.15) is 43.3 Å². The predicted molar refractivity (Wildman–Crippen MR) is 95.0 cm³/mol. The van der Waals surface area contributed by atoms with Gasteiger partial charge in [0.1, 0.15) is 0 Å². The SMILES string of the molecule is CC(C)c1nc(CNC(=O)N2CCC[C@H](Cn3ccnc3)C2)cs1. The maximum absolute atomic E-state index is 12.4. The van der Waals surface area contributed by atoms with Gasteiger partial charge in [-0.2, -0.15) is 0 Å². The zero-order valence-electron chi connectivity index (χ0n) is 14.3. The molecule has 130 valence electrons. The van der Waals surface area contributed by atoms with Gasteiger partial charge in [0.25, 0.3) is 0 Å². The van der Waals surface area contributed by atoms with Gasteiger partial charge in [0.15, 0.2) is 0 Å². The molecule has 2 amide bonds. The van der Waals surface area contributed by atoms with Crippen LogP contribution >= 0.6 is 11.3 Å². The van der Waals surface area contributed by atoms with Crippen molar-refractivity contribution in [1.82, 2.24) is 24.8 Å². The van der Waals surface area contributed by atoms with Crippen molar-refractivity contribution in [3.05, 3.63) is 34.8 Å². The van der Waals surface area contributed by atoms with E-state index in [9.17, 15) is 4.79 Å². The Morgan fingerprint density at radius 3 is 3.08 bits per heavy atom. The normalized spacial score (nSPS) is 18.1. The van der Waals surface area contributed by atoms with E-state index >= 15 is 0 Å². The summed E-state index contributed by atoms with van der Waals surface area (Å²) in [5.41, 5.74) is 0.948. The lowest BCUT2D eigenvalue weighted by Crippen LogP contribution is -2.46. The zero-order valence-corrected chi connectivity index (χ0v) is 15.1. The first-order chi connectivity index (χ1) is 11.6. The summed E-state index contributed by atoms with van der Waals surface area (Å²) in [4.78, 5) is 23.0. The van der Waals surface area contributed by atoms with Gasteiger partial charge in [-0.25, -0.2) is 14.8 Å². The van der Waals surface area contributed by atoms with E-state index < -0.39 is 0 Å². The summed E-state index contributed by atoms with van der Waals surface area (Å²) in [6.45, 7) is 7.34. The van der Waals surface area contributed by atoms with Gasteiger partial charge < -0.3 is 14.8 Å². The van der Waals surface area contributed by atoms with Crippen molar-refractivity contribution < 1.29 is 4.79 Å². The summed E-state index contributed by atoms with van der Waals surface area (Å²) in [6.07, 6.45) is 7.83. The molecule has 3 rings (SSSR count). The number of amides is 2. The number of carbonyl (C=O) groups excluding carboxylic acids is 1. The van der Waals surface area contributed by atoms with Gasteiger partial charge in [0.2, 0.25) is 0 Å². The molecule has 0 radical (unpaired) electrons. The van der Waals surface area contributed by atoms with Gasteiger partial charge in [-0.1, -0.05) is 13.8 Å². The molecule has 1 atom stereocenters. The van der Waals surface area contributed by atoms with Crippen LogP contribution in [0, 0.1) is 5.92 Å². The van der Waals surface area contributed by atoms with E-state index in [2.05, 4.69) is 33.7 Å². The predicted octanol–water partition coefficient (Wildman–Crippen LogP) is 3.08. The number of hydrogen-bond acceptors (Lipinski definition) is 4. The van der Waals surface area contributed by atoms with Crippen LogP contribution in [0.5, 0.6) is 0 Å². The summed E-state index contributed by atoms with van der Waals surface area (Å²) < 4.78 is 2.09. The van der Waals surface area contributed by atoms with Crippen LogP contribution in [0.25, 0.3) is 0 Å². The minimum Gasteiger partial charge on any atom is -0.337 e. The highest BCUT2D eigenvalue weighted by Crippen LogP contribution is 2.20. The molecular weight excluding hydrogens is 322 g/mol. The Balaban J connectivity index is 1.48. The fourth-order valence-corrected chi connectivity index (χ4v) is 3.87. The lowest BCUT2D eigenvalue weighted by molar-refractivity contribution is 0.159. The lowest BCUT2D eigenvalue weighted by atomic mass is 9.98. The molecule has 0 unspecified atom stereocenters. The summed E-state index contributed by atoms with van der Waals surface area (Å²) in [5, 5.41) is 6.17. The molecule has 7 heteroatoms. The number of carbonyl (C=O) groups is 1. The molecule has 2 aromatic heterocycles. The topological polar surface area (TPSA) is 63.1 Å². The number of nitrogens with zero attached hydrogens (tertiary/aromatic N) is 4. The minimum absolute atomic E-state index is 0.0180. The third kappa shape index (κ3) is 4.35. The Morgan fingerprint density at radius 1 is 1.50 bits per heavy atom. The van der Waals surface area contributed by atoms with Crippen molar-refractivity contribution in [3.8, 4) is 0 Å². The molecule has 24 heavy (non-hydrogen) atoms. The average Bonchev–Trinajstić information content (AvgIpc) is 3.24. The van der Waals surface area contributed by atoms with Crippen LogP contribution in [-0.4, -0.2) is 38.6 Å². The Hall–Kier alpha value is -1.89. The van der Waals surface area contributed by atoms with Crippen molar-refractivity contribution >= 4 is 17.4 Å². The van der Waals surface area contributed by atoms with E-state index in [1.54, 1.807) is 17.5 Å².